The molecule has 4 N–H and O–H groups in total. The largest absolute Gasteiger partial charge is 0.508 e. The molecule has 1 aromatic carbocycles. The van der Waals surface area contributed by atoms with Gasteiger partial charge in [-0.15, -0.1) is 0 Å². The van der Waals surface area contributed by atoms with Crippen LogP contribution < -0.4 is 5.73 Å². The molecule has 0 heterocycles. The number of hydrogen-bond acceptors (Lipinski definition) is 3. The predicted molar refractivity (Wildman–Crippen MR) is 49.2 cm³/mol. The fourth-order valence-electron chi connectivity index (χ4n) is 0.875. The smallest absolute Gasteiger partial charge is 0.328 e. The van der Waals surface area contributed by atoms with Crippen molar-refractivity contribution in [2.45, 2.75) is 0 Å². The van der Waals surface area contributed by atoms with Crippen LogP contribution in [0.4, 0.5) is 5.69 Å². The van der Waals surface area contributed by atoms with E-state index in [9.17, 15) is 4.79 Å². The first kappa shape index (κ1) is 9.12. The molecule has 0 bridgehead atoms. The first-order valence-corrected chi connectivity index (χ1v) is 3.59. The average Bonchev–Trinajstić information content (AvgIpc) is 2.02. The summed E-state index contributed by atoms with van der Waals surface area (Å²) in [6.07, 6.45) is 2.36. The van der Waals surface area contributed by atoms with Crippen LogP contribution in [-0.2, 0) is 4.79 Å². The third-order valence-electron chi connectivity index (χ3n) is 1.48. The molecule has 4 heteroatoms. The number of nitrogen functional groups attached to an aromatic ring is 1. The van der Waals surface area contributed by atoms with E-state index >= 15 is 0 Å². The number of hydrogen-bond donors (Lipinski definition) is 3. The summed E-state index contributed by atoms with van der Waals surface area (Å²) in [5.74, 6) is -0.975. The maximum atomic E-state index is 10.2. The average molecular weight is 179 g/mol. The van der Waals surface area contributed by atoms with Gasteiger partial charge in [0.2, 0.25) is 0 Å². The lowest BCUT2D eigenvalue weighted by atomic mass is 10.1. The Bertz CT molecular complexity index is 358. The van der Waals surface area contributed by atoms with Crippen LogP contribution >= 0.6 is 0 Å². The first-order chi connectivity index (χ1) is 6.09. The number of aromatic hydroxyl groups is 1. The minimum atomic E-state index is -1.03. The number of benzene rings is 1. The SMILES string of the molecule is Nc1cc(O)ccc1/C=C/C(=O)O. The summed E-state index contributed by atoms with van der Waals surface area (Å²) in [5, 5.41) is 17.3. The van der Waals surface area contributed by atoms with E-state index in [0.29, 0.717) is 11.3 Å². The van der Waals surface area contributed by atoms with Gasteiger partial charge in [0, 0.05) is 17.8 Å². The fourth-order valence-corrected chi connectivity index (χ4v) is 0.875. The van der Waals surface area contributed by atoms with Gasteiger partial charge in [-0.1, -0.05) is 0 Å². The minimum absolute atomic E-state index is 0.0602. The third-order valence-corrected chi connectivity index (χ3v) is 1.48. The Morgan fingerprint density at radius 2 is 2.15 bits per heavy atom. The molecule has 0 fully saturated rings. The summed E-state index contributed by atoms with van der Waals surface area (Å²) in [5.41, 5.74) is 6.42. The molecule has 0 saturated carbocycles. The van der Waals surface area contributed by atoms with E-state index in [1.165, 1.54) is 18.2 Å². The molecule has 1 rings (SSSR count). The number of aliphatic carboxylic acids is 1. The molecule has 0 spiro atoms. The second-order valence-electron chi connectivity index (χ2n) is 2.48. The van der Waals surface area contributed by atoms with Gasteiger partial charge in [0.1, 0.15) is 5.75 Å². The highest BCUT2D eigenvalue weighted by atomic mass is 16.4. The maximum Gasteiger partial charge on any atom is 0.328 e. The molecule has 13 heavy (non-hydrogen) atoms. The van der Waals surface area contributed by atoms with Crippen molar-refractivity contribution in [3.05, 3.63) is 29.8 Å². The molecule has 0 unspecified atom stereocenters. The van der Waals surface area contributed by atoms with Crippen LogP contribution in [0.5, 0.6) is 5.75 Å². The van der Waals surface area contributed by atoms with E-state index in [1.807, 2.05) is 0 Å². The Balaban J connectivity index is 2.96. The molecule has 0 amide bonds. The topological polar surface area (TPSA) is 83.5 Å². The van der Waals surface area contributed by atoms with Crippen LogP contribution in [0.25, 0.3) is 6.08 Å². The fraction of sp³-hybridized carbons (Fsp3) is 0. The summed E-state index contributed by atoms with van der Waals surface area (Å²) >= 11 is 0. The zero-order chi connectivity index (χ0) is 9.84. The molecule has 0 aliphatic carbocycles. The van der Waals surface area contributed by atoms with Crippen LogP contribution in [0.1, 0.15) is 5.56 Å². The molecule has 0 aromatic heterocycles. The Hall–Kier alpha value is -1.97. The number of nitrogens with two attached hydrogens (primary N) is 1. The van der Waals surface area contributed by atoms with E-state index in [2.05, 4.69) is 0 Å². The molecule has 0 aliphatic rings. The molecule has 1 aromatic rings. The van der Waals surface area contributed by atoms with Gasteiger partial charge in [-0.2, -0.15) is 0 Å². The zero-order valence-corrected chi connectivity index (χ0v) is 6.77. The molecule has 68 valence electrons. The summed E-state index contributed by atoms with van der Waals surface area (Å²) in [7, 11) is 0. The second kappa shape index (κ2) is 3.62. The van der Waals surface area contributed by atoms with E-state index in [4.69, 9.17) is 15.9 Å². The lowest BCUT2D eigenvalue weighted by molar-refractivity contribution is -0.131. The Morgan fingerprint density at radius 3 is 2.69 bits per heavy atom. The zero-order valence-electron chi connectivity index (χ0n) is 6.77. The van der Waals surface area contributed by atoms with Crippen LogP contribution in [0.3, 0.4) is 0 Å². The lowest BCUT2D eigenvalue weighted by Gasteiger charge is -1.99. The van der Waals surface area contributed by atoms with Crippen molar-refractivity contribution in [1.82, 2.24) is 0 Å². The van der Waals surface area contributed by atoms with E-state index in [1.54, 1.807) is 6.07 Å². The Labute approximate surface area is 74.9 Å². The Kier molecular flexibility index (Phi) is 2.54. The van der Waals surface area contributed by atoms with Crippen molar-refractivity contribution in [2.24, 2.45) is 0 Å². The van der Waals surface area contributed by atoms with Crippen LogP contribution in [0.15, 0.2) is 24.3 Å². The minimum Gasteiger partial charge on any atom is -0.508 e. The van der Waals surface area contributed by atoms with Crippen molar-refractivity contribution in [1.29, 1.82) is 0 Å². The van der Waals surface area contributed by atoms with Gasteiger partial charge in [0.15, 0.2) is 0 Å². The number of carbonyl (C=O) groups is 1. The summed E-state index contributed by atoms with van der Waals surface area (Å²) in [6, 6.07) is 4.35. The number of anilines is 1. The molecule has 0 aliphatic heterocycles. The number of phenols is 1. The third kappa shape index (κ3) is 2.52. The molecular weight excluding hydrogens is 170 g/mol. The summed E-state index contributed by atoms with van der Waals surface area (Å²) in [6.45, 7) is 0. The summed E-state index contributed by atoms with van der Waals surface area (Å²) in [4.78, 5) is 10.2. The van der Waals surface area contributed by atoms with Gasteiger partial charge >= 0.3 is 5.97 Å². The van der Waals surface area contributed by atoms with Gasteiger partial charge in [0.05, 0.1) is 0 Å². The van der Waals surface area contributed by atoms with Crippen molar-refractivity contribution < 1.29 is 15.0 Å². The number of carboxylic acid groups (broad SMARTS) is 1. The number of phenolic OH excluding ortho intramolecular Hbond substituents is 1. The predicted octanol–water partition coefficient (Wildman–Crippen LogP) is 1.07. The quantitative estimate of drug-likeness (QED) is 0.468. The highest BCUT2D eigenvalue weighted by Gasteiger charge is 1.96. The van der Waals surface area contributed by atoms with Crippen LogP contribution in [0, 0.1) is 0 Å². The van der Waals surface area contributed by atoms with Crippen molar-refractivity contribution in [2.75, 3.05) is 5.73 Å². The van der Waals surface area contributed by atoms with E-state index in [0.717, 1.165) is 6.08 Å². The molecule has 0 saturated heterocycles. The highest BCUT2D eigenvalue weighted by Crippen LogP contribution is 2.19. The maximum absolute atomic E-state index is 10.2. The second-order valence-corrected chi connectivity index (χ2v) is 2.48. The normalized spacial score (nSPS) is 10.5. The van der Waals surface area contributed by atoms with E-state index in [-0.39, 0.29) is 5.75 Å². The monoisotopic (exact) mass is 179 g/mol. The highest BCUT2D eigenvalue weighted by molar-refractivity contribution is 5.86. The van der Waals surface area contributed by atoms with Gasteiger partial charge in [0.25, 0.3) is 0 Å². The van der Waals surface area contributed by atoms with Gasteiger partial charge < -0.3 is 15.9 Å². The Morgan fingerprint density at radius 1 is 1.46 bits per heavy atom. The van der Waals surface area contributed by atoms with Gasteiger partial charge in [-0.05, 0) is 23.8 Å². The molecular formula is C9H9NO3. The molecule has 4 nitrogen and oxygen atoms in total. The van der Waals surface area contributed by atoms with Crippen LogP contribution in [0.2, 0.25) is 0 Å². The molecule has 0 radical (unpaired) electrons. The molecule has 0 atom stereocenters. The van der Waals surface area contributed by atoms with Crippen molar-refractivity contribution >= 4 is 17.7 Å². The van der Waals surface area contributed by atoms with Crippen molar-refractivity contribution in [3.63, 3.8) is 0 Å². The van der Waals surface area contributed by atoms with Gasteiger partial charge in [-0.25, -0.2) is 4.79 Å². The lowest BCUT2D eigenvalue weighted by Crippen LogP contribution is -1.90. The standard InChI is InChI=1S/C9H9NO3/c10-8-5-7(11)3-1-6(8)2-4-9(12)13/h1-5,11H,10H2,(H,12,13)/b4-2+. The van der Waals surface area contributed by atoms with Crippen LogP contribution in [-0.4, -0.2) is 16.2 Å². The van der Waals surface area contributed by atoms with Crippen molar-refractivity contribution in [3.8, 4) is 5.75 Å². The van der Waals surface area contributed by atoms with Gasteiger partial charge in [-0.3, -0.25) is 0 Å². The van der Waals surface area contributed by atoms with E-state index < -0.39 is 5.97 Å². The first-order valence-electron chi connectivity index (χ1n) is 3.59. The summed E-state index contributed by atoms with van der Waals surface area (Å²) < 4.78 is 0. The number of rotatable bonds is 2. The number of carboxylic acids is 1.